The highest BCUT2D eigenvalue weighted by Crippen LogP contribution is 2.15. The minimum absolute atomic E-state index is 0. The van der Waals surface area contributed by atoms with Gasteiger partial charge in [-0.2, -0.15) is 0 Å². The Bertz CT molecular complexity index is 540. The van der Waals surface area contributed by atoms with Gasteiger partial charge in [0.15, 0.2) is 5.96 Å². The van der Waals surface area contributed by atoms with Crippen LogP contribution in [0, 0.1) is 12.3 Å². The molecule has 24 heavy (non-hydrogen) atoms. The van der Waals surface area contributed by atoms with Crippen molar-refractivity contribution in [2.24, 2.45) is 10.4 Å². The number of aryl methyl sites for hydroxylation is 1. The van der Waals surface area contributed by atoms with Gasteiger partial charge >= 0.3 is 0 Å². The number of nitrogens with zero attached hydrogens (tertiary/aromatic N) is 2. The van der Waals surface area contributed by atoms with E-state index in [1.165, 1.54) is 11.1 Å². The Morgan fingerprint density at radius 2 is 1.83 bits per heavy atom. The van der Waals surface area contributed by atoms with E-state index >= 15 is 0 Å². The van der Waals surface area contributed by atoms with Crippen LogP contribution in [0.4, 0.5) is 0 Å². The molecule has 2 N–H and O–H groups in total. The van der Waals surface area contributed by atoms with Crippen LogP contribution in [0.3, 0.4) is 0 Å². The molecule has 0 aliphatic heterocycles. The van der Waals surface area contributed by atoms with Gasteiger partial charge in [0, 0.05) is 27.2 Å². The summed E-state index contributed by atoms with van der Waals surface area (Å²) in [5.74, 6) is 0.809. The maximum absolute atomic E-state index is 11.9. The van der Waals surface area contributed by atoms with E-state index in [0.717, 1.165) is 19.0 Å². The molecule has 0 spiro atoms. The molecule has 136 valence electrons. The lowest BCUT2D eigenvalue weighted by Crippen LogP contribution is -2.41. The second kappa shape index (κ2) is 10.5. The lowest BCUT2D eigenvalue weighted by molar-refractivity contribution is -0.128. The van der Waals surface area contributed by atoms with Gasteiger partial charge in [-0.25, -0.2) is 0 Å². The van der Waals surface area contributed by atoms with E-state index in [0.29, 0.717) is 6.54 Å². The fourth-order valence-corrected chi connectivity index (χ4v) is 2.19. The minimum Gasteiger partial charge on any atom is -0.359 e. The molecule has 1 rings (SSSR count). The van der Waals surface area contributed by atoms with Crippen molar-refractivity contribution in [3.8, 4) is 0 Å². The normalized spacial score (nSPS) is 11.5. The number of carbonyl (C=O) groups excluding carboxylic acids is 1. The molecule has 0 aliphatic rings. The van der Waals surface area contributed by atoms with Crippen LogP contribution in [0.15, 0.2) is 29.3 Å². The van der Waals surface area contributed by atoms with Crippen molar-refractivity contribution in [3.63, 3.8) is 0 Å². The molecular weight excluding hydrogens is 415 g/mol. The number of hydrogen-bond acceptors (Lipinski definition) is 2. The van der Waals surface area contributed by atoms with Gasteiger partial charge in [-0.05, 0) is 33.3 Å². The van der Waals surface area contributed by atoms with Crippen molar-refractivity contribution in [3.05, 3.63) is 35.4 Å². The molecule has 6 heteroatoms. The van der Waals surface area contributed by atoms with E-state index in [9.17, 15) is 4.79 Å². The quantitative estimate of drug-likeness (QED) is 0.402. The largest absolute Gasteiger partial charge is 0.359 e. The zero-order valence-electron chi connectivity index (χ0n) is 15.6. The second-order valence-corrected chi connectivity index (χ2v) is 6.47. The molecule has 1 amide bonds. The summed E-state index contributed by atoms with van der Waals surface area (Å²) in [5, 5.41) is 5.98. The summed E-state index contributed by atoms with van der Waals surface area (Å²) in [7, 11) is 3.66. The number of nitrogens with one attached hydrogen (secondary N) is 2. The van der Waals surface area contributed by atoms with Gasteiger partial charge in [0.25, 0.3) is 0 Å². The van der Waals surface area contributed by atoms with Crippen LogP contribution in [-0.4, -0.2) is 44.0 Å². The summed E-state index contributed by atoms with van der Waals surface area (Å²) in [6.45, 7) is 9.92. The highest BCUT2D eigenvalue weighted by atomic mass is 127. The number of hydrogen-bond donors (Lipinski definition) is 2. The highest BCUT2D eigenvalue weighted by Gasteiger charge is 2.26. The Morgan fingerprint density at radius 1 is 1.25 bits per heavy atom. The molecule has 5 nitrogen and oxygen atoms in total. The van der Waals surface area contributed by atoms with Crippen LogP contribution >= 0.6 is 24.0 Å². The molecule has 0 saturated carbocycles. The second-order valence-electron chi connectivity index (χ2n) is 6.47. The van der Waals surface area contributed by atoms with E-state index < -0.39 is 5.41 Å². The van der Waals surface area contributed by atoms with E-state index in [1.807, 2.05) is 27.8 Å². The van der Waals surface area contributed by atoms with Crippen molar-refractivity contribution in [1.82, 2.24) is 15.5 Å². The van der Waals surface area contributed by atoms with Gasteiger partial charge in [0.2, 0.25) is 5.91 Å². The van der Waals surface area contributed by atoms with Crippen molar-refractivity contribution in [1.29, 1.82) is 0 Å². The van der Waals surface area contributed by atoms with Gasteiger partial charge in [0.1, 0.15) is 0 Å². The van der Waals surface area contributed by atoms with E-state index in [4.69, 9.17) is 0 Å². The summed E-state index contributed by atoms with van der Waals surface area (Å²) >= 11 is 0. The van der Waals surface area contributed by atoms with E-state index in [-0.39, 0.29) is 29.9 Å². The first-order valence-corrected chi connectivity index (χ1v) is 8.07. The number of benzene rings is 1. The molecule has 0 saturated heterocycles. The van der Waals surface area contributed by atoms with Crippen LogP contribution < -0.4 is 10.6 Å². The summed E-state index contributed by atoms with van der Waals surface area (Å²) in [5.41, 5.74) is 1.96. The monoisotopic (exact) mass is 446 g/mol. The minimum atomic E-state index is -0.528. The smallest absolute Gasteiger partial charge is 0.227 e. The predicted octanol–water partition coefficient (Wildman–Crippen LogP) is 2.78. The Morgan fingerprint density at radius 3 is 2.33 bits per heavy atom. The molecule has 0 atom stereocenters. The van der Waals surface area contributed by atoms with E-state index in [2.05, 4.69) is 51.7 Å². The fraction of sp³-hybridized carbons (Fsp3) is 0.556. The summed E-state index contributed by atoms with van der Waals surface area (Å²) < 4.78 is 0. The molecule has 0 heterocycles. The summed E-state index contributed by atoms with van der Waals surface area (Å²) in [4.78, 5) is 18.6. The Labute approximate surface area is 163 Å². The van der Waals surface area contributed by atoms with Gasteiger partial charge < -0.3 is 15.5 Å². The molecule has 0 fully saturated rings. The van der Waals surface area contributed by atoms with Crippen molar-refractivity contribution in [2.75, 3.05) is 27.2 Å². The molecule has 1 aromatic rings. The van der Waals surface area contributed by atoms with Gasteiger partial charge in [-0.1, -0.05) is 29.8 Å². The number of halogens is 1. The van der Waals surface area contributed by atoms with Gasteiger partial charge in [0.05, 0.1) is 12.0 Å². The highest BCUT2D eigenvalue weighted by molar-refractivity contribution is 14.0. The van der Waals surface area contributed by atoms with Gasteiger partial charge in [-0.15, -0.1) is 24.0 Å². The van der Waals surface area contributed by atoms with Crippen molar-refractivity contribution < 1.29 is 4.79 Å². The first-order chi connectivity index (χ1) is 10.8. The molecule has 0 bridgehead atoms. The van der Waals surface area contributed by atoms with Crippen molar-refractivity contribution in [2.45, 2.75) is 34.2 Å². The van der Waals surface area contributed by atoms with Gasteiger partial charge in [-0.3, -0.25) is 9.79 Å². The van der Waals surface area contributed by atoms with Crippen LogP contribution in [0.2, 0.25) is 0 Å². The molecule has 0 unspecified atom stereocenters. The first-order valence-electron chi connectivity index (χ1n) is 8.07. The number of aliphatic imine (C=N–C) groups is 1. The standard InChI is InChI=1S/C18H30N4O.HI/c1-7-20-17(21-13-18(3,4)16(23)19-5)22(6)12-15-10-8-14(2)9-11-15;/h8-11H,7,12-13H2,1-6H3,(H,19,23)(H,20,21);1H. The number of carbonyl (C=O) groups is 1. The van der Waals surface area contributed by atoms with E-state index in [1.54, 1.807) is 7.05 Å². The Hall–Kier alpha value is -1.31. The average molecular weight is 446 g/mol. The Balaban J connectivity index is 0.00000529. The lowest BCUT2D eigenvalue weighted by Gasteiger charge is -2.25. The zero-order valence-corrected chi connectivity index (χ0v) is 18.0. The number of guanidine groups is 1. The molecule has 0 radical (unpaired) electrons. The zero-order chi connectivity index (χ0) is 17.5. The number of rotatable bonds is 6. The summed E-state index contributed by atoms with van der Waals surface area (Å²) in [6.07, 6.45) is 0. The third kappa shape index (κ3) is 7.07. The lowest BCUT2D eigenvalue weighted by atomic mass is 9.93. The molecule has 0 aliphatic carbocycles. The SMILES string of the molecule is CCNC(=NCC(C)(C)C(=O)NC)N(C)Cc1ccc(C)cc1.I. The van der Waals surface area contributed by atoms with Crippen molar-refractivity contribution >= 4 is 35.8 Å². The van der Waals surface area contributed by atoms with Crippen LogP contribution in [-0.2, 0) is 11.3 Å². The Kier molecular flexibility index (Phi) is 9.96. The van der Waals surface area contributed by atoms with Crippen LogP contribution in [0.5, 0.6) is 0 Å². The number of amides is 1. The topological polar surface area (TPSA) is 56.7 Å². The maximum Gasteiger partial charge on any atom is 0.227 e. The van der Waals surface area contributed by atoms with Crippen LogP contribution in [0.1, 0.15) is 31.9 Å². The van der Waals surface area contributed by atoms with Crippen LogP contribution in [0.25, 0.3) is 0 Å². The predicted molar refractivity (Wildman–Crippen MR) is 112 cm³/mol. The molecule has 0 aromatic heterocycles. The first kappa shape index (κ1) is 22.7. The summed E-state index contributed by atoms with van der Waals surface area (Å²) in [6, 6.07) is 8.48. The third-order valence-electron chi connectivity index (χ3n) is 3.70. The average Bonchev–Trinajstić information content (AvgIpc) is 2.52. The maximum atomic E-state index is 11.9. The molecule has 1 aromatic carbocycles. The third-order valence-corrected chi connectivity index (χ3v) is 3.70. The fourth-order valence-electron chi connectivity index (χ4n) is 2.19. The molecular formula is C18H31IN4O.